The molecular weight excluding hydrogens is 813 g/mol. The van der Waals surface area contributed by atoms with Crippen LogP contribution in [-0.2, 0) is 23.8 Å². The minimum atomic E-state index is -0.551. The van der Waals surface area contributed by atoms with Gasteiger partial charge in [0.25, 0.3) is 0 Å². The van der Waals surface area contributed by atoms with Gasteiger partial charge in [-0.2, -0.15) is 0 Å². The van der Waals surface area contributed by atoms with Gasteiger partial charge in [-0.15, -0.1) is 0 Å². The van der Waals surface area contributed by atoms with E-state index in [0.29, 0.717) is 19.4 Å². The molecule has 0 rings (SSSR count). The van der Waals surface area contributed by atoms with Gasteiger partial charge in [-0.3, -0.25) is 9.59 Å². The van der Waals surface area contributed by atoms with Crippen molar-refractivity contribution in [2.75, 3.05) is 19.8 Å². The number of unbranched alkanes of at least 4 members (excludes halogenated alkanes) is 32. The van der Waals surface area contributed by atoms with E-state index in [1.54, 1.807) is 0 Å². The molecule has 0 heterocycles. The highest BCUT2D eigenvalue weighted by Gasteiger charge is 2.17. The van der Waals surface area contributed by atoms with Crippen LogP contribution in [0.25, 0.3) is 0 Å². The van der Waals surface area contributed by atoms with Gasteiger partial charge in [-0.05, 0) is 64.2 Å². The van der Waals surface area contributed by atoms with Crippen LogP contribution in [0.1, 0.15) is 290 Å². The molecule has 0 aromatic rings. The van der Waals surface area contributed by atoms with E-state index in [4.69, 9.17) is 14.2 Å². The lowest BCUT2D eigenvalue weighted by molar-refractivity contribution is -0.163. The Morgan fingerprint density at radius 3 is 1.09 bits per heavy atom. The molecule has 0 aliphatic rings. The van der Waals surface area contributed by atoms with Gasteiger partial charge < -0.3 is 14.2 Å². The van der Waals surface area contributed by atoms with Crippen molar-refractivity contribution in [3.05, 3.63) is 60.8 Å². The van der Waals surface area contributed by atoms with Gasteiger partial charge in [0, 0.05) is 19.4 Å². The number of ether oxygens (including phenoxy) is 3. The number of hydrogen-bond acceptors (Lipinski definition) is 5. The van der Waals surface area contributed by atoms with Crippen molar-refractivity contribution in [1.82, 2.24) is 0 Å². The summed E-state index contributed by atoms with van der Waals surface area (Å²) in [5.74, 6) is -0.419. The predicted octanol–water partition coefficient (Wildman–Crippen LogP) is 19.7. The summed E-state index contributed by atoms with van der Waals surface area (Å²) in [7, 11) is 0. The van der Waals surface area contributed by atoms with Crippen LogP contribution in [0.4, 0.5) is 0 Å². The molecule has 5 heteroatoms. The molecule has 0 saturated heterocycles. The van der Waals surface area contributed by atoms with Crippen molar-refractivity contribution >= 4 is 11.9 Å². The summed E-state index contributed by atoms with van der Waals surface area (Å²) in [5, 5.41) is 0. The average Bonchev–Trinajstić information content (AvgIpc) is 3.32. The first-order valence-electron chi connectivity index (χ1n) is 28.8. The second kappa shape index (κ2) is 56.9. The second-order valence-corrected chi connectivity index (χ2v) is 19.2. The van der Waals surface area contributed by atoms with E-state index in [-0.39, 0.29) is 25.2 Å². The van der Waals surface area contributed by atoms with E-state index >= 15 is 0 Å². The lowest BCUT2D eigenvalue weighted by Gasteiger charge is -2.18. The highest BCUT2D eigenvalue weighted by atomic mass is 16.6. The summed E-state index contributed by atoms with van der Waals surface area (Å²) < 4.78 is 17.5. The molecule has 0 aliphatic heterocycles. The van der Waals surface area contributed by atoms with E-state index in [9.17, 15) is 9.59 Å². The highest BCUT2D eigenvalue weighted by Crippen LogP contribution is 2.16. The third-order valence-corrected chi connectivity index (χ3v) is 12.6. The van der Waals surface area contributed by atoms with Crippen molar-refractivity contribution < 1.29 is 23.8 Å². The molecule has 0 aromatic heterocycles. The minimum absolute atomic E-state index is 0.0757. The van der Waals surface area contributed by atoms with Crippen LogP contribution in [0.3, 0.4) is 0 Å². The normalized spacial score (nSPS) is 12.6. The monoisotopic (exact) mass is 923 g/mol. The van der Waals surface area contributed by atoms with Crippen molar-refractivity contribution in [1.29, 1.82) is 0 Å². The molecule has 0 amide bonds. The smallest absolute Gasteiger partial charge is 0.306 e. The van der Waals surface area contributed by atoms with E-state index < -0.39 is 6.10 Å². The zero-order valence-corrected chi connectivity index (χ0v) is 44.2. The summed E-state index contributed by atoms with van der Waals surface area (Å²) in [6.07, 6.45) is 72.4. The molecule has 66 heavy (non-hydrogen) atoms. The molecule has 0 spiro atoms. The van der Waals surface area contributed by atoms with E-state index in [2.05, 4.69) is 81.5 Å². The Bertz CT molecular complexity index is 1130. The van der Waals surface area contributed by atoms with Crippen molar-refractivity contribution in [2.24, 2.45) is 0 Å². The van der Waals surface area contributed by atoms with Crippen LogP contribution >= 0.6 is 0 Å². The third-order valence-electron chi connectivity index (χ3n) is 12.6. The van der Waals surface area contributed by atoms with Crippen LogP contribution in [0.5, 0.6) is 0 Å². The first-order valence-corrected chi connectivity index (χ1v) is 28.8. The summed E-state index contributed by atoms with van der Waals surface area (Å²) in [4.78, 5) is 25.5. The molecule has 384 valence electrons. The largest absolute Gasteiger partial charge is 0.462 e. The van der Waals surface area contributed by atoms with Gasteiger partial charge >= 0.3 is 11.9 Å². The van der Waals surface area contributed by atoms with Gasteiger partial charge in [-0.25, -0.2) is 0 Å². The molecule has 0 radical (unpaired) electrons. The molecule has 1 atom stereocenters. The standard InChI is InChI=1S/C61H110O5/c1-4-7-10-13-16-19-22-25-28-30-31-32-34-37-40-43-46-49-52-55-61(63)66-59(57-64-56-53-50-47-44-41-38-35-29-26-23-20-17-14-11-8-5-2)58-65-60(62)54-51-48-45-42-39-36-33-27-24-21-18-15-12-9-6-3/h7,10,16,19,25,28,31-32,37,40,59H,4-6,8-9,11-15,17-18,20-24,26-27,29-30,33-36,38-39,41-58H2,1-3H3/b10-7-,19-16-,28-25-,32-31-,40-37-/t59-/m1/s1. The summed E-state index contributed by atoms with van der Waals surface area (Å²) in [6, 6.07) is 0. The third kappa shape index (κ3) is 54.2. The fraction of sp³-hybridized carbons (Fsp3) is 0.803. The fourth-order valence-electron chi connectivity index (χ4n) is 8.30. The van der Waals surface area contributed by atoms with Gasteiger partial charge in [0.05, 0.1) is 6.61 Å². The Morgan fingerprint density at radius 1 is 0.348 bits per heavy atom. The lowest BCUT2D eigenvalue weighted by Crippen LogP contribution is -2.30. The molecule has 0 unspecified atom stereocenters. The van der Waals surface area contributed by atoms with Gasteiger partial charge in [0.2, 0.25) is 0 Å². The highest BCUT2D eigenvalue weighted by molar-refractivity contribution is 5.70. The van der Waals surface area contributed by atoms with E-state index in [1.807, 2.05) is 0 Å². The van der Waals surface area contributed by atoms with Crippen LogP contribution in [0.15, 0.2) is 60.8 Å². The number of carbonyl (C=O) groups is 2. The Balaban J connectivity index is 4.31. The summed E-state index contributed by atoms with van der Waals surface area (Å²) in [5.41, 5.74) is 0. The number of rotatable bonds is 53. The van der Waals surface area contributed by atoms with E-state index in [0.717, 1.165) is 83.5 Å². The maximum atomic E-state index is 12.9. The maximum absolute atomic E-state index is 12.9. The van der Waals surface area contributed by atoms with Crippen LogP contribution in [0, 0.1) is 0 Å². The molecule has 0 bridgehead atoms. The fourth-order valence-corrected chi connectivity index (χ4v) is 8.30. The SMILES string of the molecule is CC/C=C\C/C=C\C/C=C\C/C=C\C/C=C\CCCCCC(=O)O[C@H](COCCCCCCCCCCCCCCCCCC)COC(=O)CCCCCCCCCCCCCCCCC. The first kappa shape index (κ1) is 63.6. The molecular formula is C61H110O5. The number of esters is 2. The van der Waals surface area contributed by atoms with Crippen molar-refractivity contribution in [3.63, 3.8) is 0 Å². The molecule has 0 saturated carbocycles. The topological polar surface area (TPSA) is 61.8 Å². The van der Waals surface area contributed by atoms with Gasteiger partial charge in [-0.1, -0.05) is 274 Å². The second-order valence-electron chi connectivity index (χ2n) is 19.2. The molecule has 0 N–H and O–H groups in total. The molecule has 0 aliphatic carbocycles. The van der Waals surface area contributed by atoms with E-state index in [1.165, 1.54) is 173 Å². The molecule has 0 fully saturated rings. The van der Waals surface area contributed by atoms with Crippen molar-refractivity contribution in [2.45, 2.75) is 297 Å². The molecule has 0 aromatic carbocycles. The van der Waals surface area contributed by atoms with Crippen LogP contribution in [0.2, 0.25) is 0 Å². The maximum Gasteiger partial charge on any atom is 0.306 e. The Hall–Kier alpha value is -2.40. The average molecular weight is 924 g/mol. The van der Waals surface area contributed by atoms with Crippen molar-refractivity contribution in [3.8, 4) is 0 Å². The zero-order valence-electron chi connectivity index (χ0n) is 44.2. The minimum Gasteiger partial charge on any atom is -0.462 e. The first-order chi connectivity index (χ1) is 32.6. The Morgan fingerprint density at radius 2 is 0.682 bits per heavy atom. The quantitative estimate of drug-likeness (QED) is 0.0346. The van der Waals surface area contributed by atoms with Crippen LogP contribution in [-0.4, -0.2) is 37.9 Å². The number of allylic oxidation sites excluding steroid dienone is 10. The Labute approximate surface area is 411 Å². The number of hydrogen-bond donors (Lipinski definition) is 0. The summed E-state index contributed by atoms with van der Waals surface area (Å²) in [6.45, 7) is 7.73. The summed E-state index contributed by atoms with van der Waals surface area (Å²) >= 11 is 0. The van der Waals surface area contributed by atoms with Crippen LogP contribution < -0.4 is 0 Å². The number of carbonyl (C=O) groups excluding carboxylic acids is 2. The van der Waals surface area contributed by atoms with Gasteiger partial charge in [0.1, 0.15) is 6.61 Å². The Kier molecular flexibility index (Phi) is 54.9. The molecule has 5 nitrogen and oxygen atoms in total. The lowest BCUT2D eigenvalue weighted by atomic mass is 10.0. The predicted molar refractivity (Wildman–Crippen MR) is 288 cm³/mol. The van der Waals surface area contributed by atoms with Gasteiger partial charge in [0.15, 0.2) is 6.10 Å². The zero-order chi connectivity index (χ0) is 47.7.